The lowest BCUT2D eigenvalue weighted by Gasteiger charge is -2.34. The Kier molecular flexibility index (Phi) is 5.93. The molecule has 1 N–H and O–H groups in total. The SMILES string of the molecule is Cc1cc2[nH]c(OC3CCC(=O)N(C(C)C)C3)nc2nc1-c1ccc(N2CCOCC2)cc1. The number of morpholine rings is 1. The molecule has 0 aliphatic carbocycles. The van der Waals surface area contributed by atoms with Crippen LogP contribution in [-0.2, 0) is 9.53 Å². The lowest BCUT2D eigenvalue weighted by atomic mass is 10.1. The molecule has 4 heterocycles. The number of aromatic amines is 1. The van der Waals surface area contributed by atoms with Gasteiger partial charge in [-0.1, -0.05) is 12.1 Å². The first-order valence-electron chi connectivity index (χ1n) is 11.7. The molecule has 2 saturated heterocycles. The highest BCUT2D eigenvalue weighted by atomic mass is 16.5. The van der Waals surface area contributed by atoms with Gasteiger partial charge in [0.2, 0.25) is 5.91 Å². The number of imidazole rings is 1. The largest absolute Gasteiger partial charge is 0.460 e. The summed E-state index contributed by atoms with van der Waals surface area (Å²) in [6, 6.07) is 11.2. The van der Waals surface area contributed by atoms with Crippen LogP contribution in [0.25, 0.3) is 22.4 Å². The topological polar surface area (TPSA) is 83.6 Å². The maximum absolute atomic E-state index is 12.1. The van der Waals surface area contributed by atoms with E-state index in [1.54, 1.807) is 0 Å². The molecule has 8 nitrogen and oxygen atoms in total. The van der Waals surface area contributed by atoms with Gasteiger partial charge < -0.3 is 24.3 Å². The van der Waals surface area contributed by atoms with Crippen LogP contribution in [0, 0.1) is 6.92 Å². The summed E-state index contributed by atoms with van der Waals surface area (Å²) >= 11 is 0. The Balaban J connectivity index is 1.34. The molecule has 174 valence electrons. The minimum absolute atomic E-state index is 0.0704. The molecule has 2 aliphatic rings. The number of pyridine rings is 1. The van der Waals surface area contributed by atoms with Crippen molar-refractivity contribution in [2.45, 2.75) is 45.8 Å². The lowest BCUT2D eigenvalue weighted by molar-refractivity contribution is -0.138. The van der Waals surface area contributed by atoms with Crippen molar-refractivity contribution in [1.82, 2.24) is 19.9 Å². The third-order valence-corrected chi connectivity index (χ3v) is 6.46. The van der Waals surface area contributed by atoms with E-state index in [1.165, 1.54) is 5.69 Å². The molecule has 1 unspecified atom stereocenters. The van der Waals surface area contributed by atoms with Gasteiger partial charge in [0.15, 0.2) is 5.65 Å². The maximum Gasteiger partial charge on any atom is 0.296 e. The molecule has 0 spiro atoms. The van der Waals surface area contributed by atoms with E-state index in [9.17, 15) is 4.79 Å². The minimum Gasteiger partial charge on any atom is -0.460 e. The molecular weight excluding hydrogens is 418 g/mol. The Morgan fingerprint density at radius 3 is 2.64 bits per heavy atom. The molecule has 8 heteroatoms. The molecule has 33 heavy (non-hydrogen) atoms. The van der Waals surface area contributed by atoms with Gasteiger partial charge in [0, 0.05) is 36.8 Å². The van der Waals surface area contributed by atoms with E-state index in [1.807, 2.05) is 18.7 Å². The third-order valence-electron chi connectivity index (χ3n) is 6.46. The summed E-state index contributed by atoms with van der Waals surface area (Å²) in [5, 5.41) is 0. The van der Waals surface area contributed by atoms with Gasteiger partial charge >= 0.3 is 0 Å². The number of carbonyl (C=O) groups excluding carboxylic acids is 1. The van der Waals surface area contributed by atoms with E-state index in [0.29, 0.717) is 31.0 Å². The summed E-state index contributed by atoms with van der Waals surface area (Å²) in [7, 11) is 0. The molecule has 1 aromatic carbocycles. The molecule has 0 radical (unpaired) electrons. The summed E-state index contributed by atoms with van der Waals surface area (Å²) in [5.74, 6) is 0.191. The van der Waals surface area contributed by atoms with Gasteiger partial charge in [-0.25, -0.2) is 4.98 Å². The van der Waals surface area contributed by atoms with Gasteiger partial charge in [-0.2, -0.15) is 4.98 Å². The summed E-state index contributed by atoms with van der Waals surface area (Å²) in [6.45, 7) is 10.1. The van der Waals surface area contributed by atoms with Gasteiger partial charge in [0.25, 0.3) is 6.01 Å². The second kappa shape index (κ2) is 9.02. The second-order valence-electron chi connectivity index (χ2n) is 9.13. The summed E-state index contributed by atoms with van der Waals surface area (Å²) in [4.78, 5) is 29.0. The van der Waals surface area contributed by atoms with Crippen LogP contribution in [0.5, 0.6) is 6.01 Å². The first kappa shape index (κ1) is 21.7. The van der Waals surface area contributed by atoms with E-state index < -0.39 is 0 Å². The first-order chi connectivity index (χ1) is 16.0. The first-order valence-corrected chi connectivity index (χ1v) is 11.7. The number of likely N-dealkylation sites (tertiary alicyclic amines) is 1. The number of amides is 1. The van der Waals surface area contributed by atoms with Crippen LogP contribution in [0.3, 0.4) is 0 Å². The molecule has 3 aromatic rings. The number of carbonyl (C=O) groups is 1. The zero-order chi connectivity index (χ0) is 22.9. The van der Waals surface area contributed by atoms with Crippen molar-refractivity contribution in [3.8, 4) is 17.3 Å². The van der Waals surface area contributed by atoms with Crippen molar-refractivity contribution in [3.05, 3.63) is 35.9 Å². The van der Waals surface area contributed by atoms with Gasteiger partial charge in [-0.15, -0.1) is 0 Å². The summed E-state index contributed by atoms with van der Waals surface area (Å²) in [5.41, 5.74) is 5.75. The average Bonchev–Trinajstić information content (AvgIpc) is 3.21. The predicted octanol–water partition coefficient (Wildman–Crippen LogP) is 3.55. The fraction of sp³-hybridized carbons (Fsp3) is 0.480. The van der Waals surface area contributed by atoms with Crippen molar-refractivity contribution >= 4 is 22.8 Å². The normalized spacial score (nSPS) is 19.5. The highest BCUT2D eigenvalue weighted by molar-refractivity contribution is 5.79. The van der Waals surface area contributed by atoms with E-state index >= 15 is 0 Å². The van der Waals surface area contributed by atoms with E-state index in [0.717, 1.165) is 48.6 Å². The number of nitrogens with one attached hydrogen (secondary N) is 1. The average molecular weight is 450 g/mol. The molecule has 5 rings (SSSR count). The molecule has 0 saturated carbocycles. The van der Waals surface area contributed by atoms with Gasteiger partial charge in [0.05, 0.1) is 31.0 Å². The van der Waals surface area contributed by atoms with E-state index in [-0.39, 0.29) is 18.1 Å². The predicted molar refractivity (Wildman–Crippen MR) is 128 cm³/mol. The summed E-state index contributed by atoms with van der Waals surface area (Å²) < 4.78 is 11.6. The monoisotopic (exact) mass is 449 g/mol. The number of benzene rings is 1. The Hall–Kier alpha value is -3.13. The number of aryl methyl sites for hydroxylation is 1. The van der Waals surface area contributed by atoms with Crippen LogP contribution in [0.2, 0.25) is 0 Å². The third kappa shape index (κ3) is 4.53. The van der Waals surface area contributed by atoms with Crippen LogP contribution in [0.4, 0.5) is 5.69 Å². The Morgan fingerprint density at radius 2 is 1.91 bits per heavy atom. The van der Waals surface area contributed by atoms with E-state index in [2.05, 4.69) is 52.1 Å². The van der Waals surface area contributed by atoms with Crippen LogP contribution < -0.4 is 9.64 Å². The van der Waals surface area contributed by atoms with Crippen LogP contribution in [0.15, 0.2) is 30.3 Å². The number of piperidine rings is 1. The Bertz CT molecular complexity index is 1130. The number of hydrogen-bond donors (Lipinski definition) is 1. The molecule has 1 amide bonds. The molecule has 2 fully saturated rings. The van der Waals surface area contributed by atoms with Gasteiger partial charge in [-0.3, -0.25) is 4.79 Å². The number of ether oxygens (including phenoxy) is 2. The second-order valence-corrected chi connectivity index (χ2v) is 9.13. The van der Waals surface area contributed by atoms with Crippen molar-refractivity contribution in [3.63, 3.8) is 0 Å². The molecule has 2 aromatic heterocycles. The fourth-order valence-corrected chi connectivity index (χ4v) is 4.61. The zero-order valence-electron chi connectivity index (χ0n) is 19.5. The highest BCUT2D eigenvalue weighted by Gasteiger charge is 2.29. The lowest BCUT2D eigenvalue weighted by Crippen LogP contribution is -2.48. The smallest absolute Gasteiger partial charge is 0.296 e. The number of nitrogens with zero attached hydrogens (tertiary/aromatic N) is 4. The number of fused-ring (bicyclic) bond motifs is 1. The molecule has 0 bridgehead atoms. The number of rotatable bonds is 5. The number of aromatic nitrogens is 3. The standard InChI is InChI=1S/C25H31N5O3/c1-16(2)30-15-20(8-9-22(30)31)33-25-26-21-14-17(3)23(27-24(21)28-25)18-4-6-19(7-5-18)29-10-12-32-13-11-29/h4-7,14,16,20H,8-13,15H2,1-3H3,(H,26,27,28). The van der Waals surface area contributed by atoms with Crippen molar-refractivity contribution in [2.75, 3.05) is 37.7 Å². The summed E-state index contributed by atoms with van der Waals surface area (Å²) in [6.07, 6.45) is 1.14. The fourth-order valence-electron chi connectivity index (χ4n) is 4.61. The van der Waals surface area contributed by atoms with Gasteiger partial charge in [-0.05, 0) is 51.0 Å². The van der Waals surface area contributed by atoms with Crippen molar-refractivity contribution in [1.29, 1.82) is 0 Å². The van der Waals surface area contributed by atoms with Crippen molar-refractivity contribution < 1.29 is 14.3 Å². The quantitative estimate of drug-likeness (QED) is 0.641. The minimum atomic E-state index is -0.0704. The number of H-pyrrole nitrogens is 1. The van der Waals surface area contributed by atoms with Crippen LogP contribution in [-0.4, -0.2) is 70.8 Å². The van der Waals surface area contributed by atoms with Gasteiger partial charge in [0.1, 0.15) is 6.10 Å². The van der Waals surface area contributed by atoms with Crippen LogP contribution in [0.1, 0.15) is 32.3 Å². The highest BCUT2D eigenvalue weighted by Crippen LogP contribution is 2.28. The van der Waals surface area contributed by atoms with E-state index in [4.69, 9.17) is 14.5 Å². The molecular formula is C25H31N5O3. The van der Waals surface area contributed by atoms with Crippen molar-refractivity contribution in [2.24, 2.45) is 0 Å². The Morgan fingerprint density at radius 1 is 1.15 bits per heavy atom. The van der Waals surface area contributed by atoms with Crippen LogP contribution >= 0.6 is 0 Å². The Labute approximate surface area is 193 Å². The zero-order valence-corrected chi connectivity index (χ0v) is 19.5. The molecule has 2 aliphatic heterocycles. The molecule has 1 atom stereocenters. The number of anilines is 1. The number of hydrogen-bond acceptors (Lipinski definition) is 6. The maximum atomic E-state index is 12.1.